The molecule has 1 aromatic heterocycles. The first-order valence-electron chi connectivity index (χ1n) is 5.95. The highest BCUT2D eigenvalue weighted by Gasteiger charge is 2.34. The maximum absolute atomic E-state index is 11.9. The molecule has 0 bridgehead atoms. The second-order valence-corrected chi connectivity index (χ2v) is 5.19. The van der Waals surface area contributed by atoms with Gasteiger partial charge in [-0.3, -0.25) is 0 Å². The number of carbonyl (C=O) groups is 2. The first-order valence-corrected chi connectivity index (χ1v) is 7.11. The molecule has 8 heteroatoms. The lowest BCUT2D eigenvalue weighted by Gasteiger charge is -2.20. The van der Waals surface area contributed by atoms with E-state index >= 15 is 0 Å². The van der Waals surface area contributed by atoms with Crippen molar-refractivity contribution in [1.82, 2.24) is 15.2 Å². The lowest BCUT2D eigenvalue weighted by molar-refractivity contribution is -0.140. The van der Waals surface area contributed by atoms with Gasteiger partial charge in [0.15, 0.2) is 0 Å². The van der Waals surface area contributed by atoms with Gasteiger partial charge in [0.05, 0.1) is 13.0 Å². The summed E-state index contributed by atoms with van der Waals surface area (Å²) < 4.78 is 4.94. The van der Waals surface area contributed by atoms with Crippen LogP contribution in [0.25, 0.3) is 0 Å². The molecule has 108 valence electrons. The van der Waals surface area contributed by atoms with Gasteiger partial charge < -0.3 is 20.1 Å². The van der Waals surface area contributed by atoms with Gasteiger partial charge in [-0.25, -0.2) is 14.6 Å². The van der Waals surface area contributed by atoms with E-state index in [1.165, 1.54) is 23.8 Å². The molecule has 1 aromatic rings. The highest BCUT2D eigenvalue weighted by Crippen LogP contribution is 2.21. The molecule has 2 heterocycles. The first-order chi connectivity index (χ1) is 9.61. The molecular weight excluding hydrogens is 282 g/mol. The summed E-state index contributed by atoms with van der Waals surface area (Å²) in [5, 5.41) is 11.7. The number of pyridine rings is 1. The summed E-state index contributed by atoms with van der Waals surface area (Å²) in [6, 6.07) is 2.36. The van der Waals surface area contributed by atoms with E-state index in [0.717, 1.165) is 5.56 Å². The van der Waals surface area contributed by atoms with Crippen LogP contribution in [0, 0.1) is 0 Å². The van der Waals surface area contributed by atoms with Gasteiger partial charge in [-0.1, -0.05) is 6.07 Å². The average molecular weight is 297 g/mol. The Kier molecular flexibility index (Phi) is 4.67. The van der Waals surface area contributed by atoms with Crippen molar-refractivity contribution in [2.24, 2.45) is 0 Å². The Morgan fingerprint density at radius 2 is 2.40 bits per heavy atom. The molecule has 2 rings (SSSR count). The molecule has 1 aliphatic rings. The van der Waals surface area contributed by atoms with Gasteiger partial charge in [-0.15, -0.1) is 11.8 Å². The molecule has 0 spiro atoms. The van der Waals surface area contributed by atoms with Crippen molar-refractivity contribution in [1.29, 1.82) is 0 Å². The molecule has 0 aromatic carbocycles. The number of nitrogens with zero attached hydrogens (tertiary/aromatic N) is 2. The normalized spacial score (nSPS) is 17.9. The standard InChI is InChI=1S/C12H15N3O4S/c1-19-10-3-2-8(4-13-10)5-14-12(18)15-7-20-6-9(15)11(16)17/h2-4,9H,5-7H2,1H3,(H,14,18)(H,16,17)/t9-/m0/s1. The highest BCUT2D eigenvalue weighted by atomic mass is 32.2. The number of rotatable bonds is 4. The van der Waals surface area contributed by atoms with Crippen LogP contribution in [0.5, 0.6) is 5.88 Å². The number of amides is 2. The number of ether oxygens (including phenoxy) is 1. The maximum Gasteiger partial charge on any atom is 0.327 e. The number of carboxylic acid groups (broad SMARTS) is 1. The molecular formula is C12H15N3O4S. The van der Waals surface area contributed by atoms with Crippen LogP contribution in [0.15, 0.2) is 18.3 Å². The van der Waals surface area contributed by atoms with E-state index < -0.39 is 12.0 Å². The van der Waals surface area contributed by atoms with Crippen molar-refractivity contribution in [3.05, 3.63) is 23.9 Å². The number of aromatic nitrogens is 1. The van der Waals surface area contributed by atoms with E-state index in [4.69, 9.17) is 9.84 Å². The minimum atomic E-state index is -0.976. The van der Waals surface area contributed by atoms with E-state index in [-0.39, 0.29) is 6.03 Å². The summed E-state index contributed by atoms with van der Waals surface area (Å²) in [6.07, 6.45) is 1.60. The molecule has 1 aliphatic heterocycles. The number of thioether (sulfide) groups is 1. The van der Waals surface area contributed by atoms with Crippen molar-refractivity contribution < 1.29 is 19.4 Å². The zero-order valence-corrected chi connectivity index (χ0v) is 11.7. The Hall–Kier alpha value is -1.96. The van der Waals surface area contributed by atoms with Crippen molar-refractivity contribution in [2.45, 2.75) is 12.6 Å². The van der Waals surface area contributed by atoms with Gasteiger partial charge in [-0.05, 0) is 5.56 Å². The van der Waals surface area contributed by atoms with Crippen molar-refractivity contribution >= 4 is 23.8 Å². The van der Waals surface area contributed by atoms with Gasteiger partial charge >= 0.3 is 12.0 Å². The summed E-state index contributed by atoms with van der Waals surface area (Å²) in [6.45, 7) is 0.295. The number of carbonyl (C=O) groups excluding carboxylic acids is 1. The van der Waals surface area contributed by atoms with E-state index in [2.05, 4.69) is 10.3 Å². The van der Waals surface area contributed by atoms with Crippen LogP contribution in [0.2, 0.25) is 0 Å². The van der Waals surface area contributed by atoms with Crippen LogP contribution in [-0.2, 0) is 11.3 Å². The third-order valence-electron chi connectivity index (χ3n) is 2.88. The Labute approximate surface area is 120 Å². The molecule has 0 radical (unpaired) electrons. The molecule has 0 saturated carbocycles. The van der Waals surface area contributed by atoms with E-state index in [1.54, 1.807) is 18.3 Å². The quantitative estimate of drug-likeness (QED) is 0.852. The average Bonchev–Trinajstić information content (AvgIpc) is 2.95. The van der Waals surface area contributed by atoms with E-state index in [1.807, 2.05) is 0 Å². The molecule has 20 heavy (non-hydrogen) atoms. The third kappa shape index (κ3) is 3.32. The molecule has 1 atom stereocenters. The SMILES string of the molecule is COc1ccc(CNC(=O)N2CSC[C@H]2C(=O)O)cn1. The monoisotopic (exact) mass is 297 g/mol. The smallest absolute Gasteiger partial charge is 0.327 e. The molecule has 2 N–H and O–H groups in total. The number of hydrogen-bond acceptors (Lipinski definition) is 5. The Balaban J connectivity index is 1.89. The fraction of sp³-hybridized carbons (Fsp3) is 0.417. The summed E-state index contributed by atoms with van der Waals surface area (Å²) in [7, 11) is 1.53. The second kappa shape index (κ2) is 6.47. The van der Waals surface area contributed by atoms with Crippen molar-refractivity contribution in [3.8, 4) is 5.88 Å². The summed E-state index contributed by atoms with van der Waals surface area (Å²) in [5.74, 6) is 0.342. The predicted octanol–water partition coefficient (Wildman–Crippen LogP) is 0.759. The van der Waals surface area contributed by atoms with Crippen LogP contribution in [-0.4, -0.2) is 51.8 Å². The molecule has 2 amide bonds. The van der Waals surface area contributed by atoms with Crippen LogP contribution in [0.1, 0.15) is 5.56 Å². The summed E-state index contributed by atoms with van der Waals surface area (Å²) in [4.78, 5) is 28.3. The molecule has 0 aliphatic carbocycles. The molecule has 0 unspecified atom stereocenters. The summed E-state index contributed by atoms with van der Waals surface area (Å²) >= 11 is 1.43. The fourth-order valence-electron chi connectivity index (χ4n) is 1.76. The largest absolute Gasteiger partial charge is 0.481 e. The number of urea groups is 1. The predicted molar refractivity (Wildman–Crippen MR) is 73.6 cm³/mol. The number of aliphatic carboxylic acids is 1. The van der Waals surface area contributed by atoms with Crippen LogP contribution in [0.3, 0.4) is 0 Å². The second-order valence-electron chi connectivity index (χ2n) is 4.19. The van der Waals surface area contributed by atoms with Crippen LogP contribution in [0.4, 0.5) is 4.79 Å². The van der Waals surface area contributed by atoms with Gasteiger partial charge in [0.1, 0.15) is 6.04 Å². The summed E-state index contributed by atoms with van der Waals surface area (Å²) in [5.41, 5.74) is 0.817. The zero-order chi connectivity index (χ0) is 14.5. The minimum absolute atomic E-state index is 0.295. The third-order valence-corrected chi connectivity index (χ3v) is 3.89. The molecule has 7 nitrogen and oxygen atoms in total. The zero-order valence-electron chi connectivity index (χ0n) is 10.9. The van der Waals surface area contributed by atoms with Crippen molar-refractivity contribution in [2.75, 3.05) is 18.7 Å². The minimum Gasteiger partial charge on any atom is -0.481 e. The number of carboxylic acids is 1. The first kappa shape index (κ1) is 14.4. The van der Waals surface area contributed by atoms with Gasteiger partial charge in [-0.2, -0.15) is 0 Å². The van der Waals surface area contributed by atoms with E-state index in [0.29, 0.717) is 24.1 Å². The number of nitrogens with one attached hydrogen (secondary N) is 1. The highest BCUT2D eigenvalue weighted by molar-refractivity contribution is 7.99. The lowest BCUT2D eigenvalue weighted by Crippen LogP contribution is -2.46. The van der Waals surface area contributed by atoms with Crippen molar-refractivity contribution in [3.63, 3.8) is 0 Å². The molecule has 1 saturated heterocycles. The number of methoxy groups -OCH3 is 1. The van der Waals surface area contributed by atoms with Gasteiger partial charge in [0.25, 0.3) is 0 Å². The van der Waals surface area contributed by atoms with E-state index in [9.17, 15) is 9.59 Å². The Bertz CT molecular complexity index is 494. The Morgan fingerprint density at radius 1 is 1.60 bits per heavy atom. The number of hydrogen-bond donors (Lipinski definition) is 2. The molecule has 1 fully saturated rings. The van der Waals surface area contributed by atoms with Gasteiger partial charge in [0, 0.05) is 24.6 Å². The lowest BCUT2D eigenvalue weighted by atomic mass is 10.3. The van der Waals surface area contributed by atoms with Gasteiger partial charge in [0.2, 0.25) is 5.88 Å². The maximum atomic E-state index is 11.9. The Morgan fingerprint density at radius 3 is 3.00 bits per heavy atom. The fourth-order valence-corrected chi connectivity index (χ4v) is 2.91. The topological polar surface area (TPSA) is 91.8 Å². The van der Waals surface area contributed by atoms with Crippen LogP contribution >= 0.6 is 11.8 Å². The van der Waals surface area contributed by atoms with Crippen LogP contribution < -0.4 is 10.1 Å².